The number of hydrogen-bond acceptors (Lipinski definition) is 3. The maximum Gasteiger partial charge on any atom is 0.0865 e. The van der Waals surface area contributed by atoms with Crippen LogP contribution in [-0.2, 0) is 19.9 Å². The zero-order valence-corrected chi connectivity index (χ0v) is 13.2. The largest absolute Gasteiger partial charge is 0.255 e. The van der Waals surface area contributed by atoms with Gasteiger partial charge in [-0.15, -0.1) is 5.10 Å². The van der Waals surface area contributed by atoms with Gasteiger partial charge in [0.05, 0.1) is 11.2 Å². The predicted molar refractivity (Wildman–Crippen MR) is 87.0 cm³/mol. The van der Waals surface area contributed by atoms with Gasteiger partial charge in [-0.2, -0.15) is 0 Å². The molecule has 4 heteroatoms. The summed E-state index contributed by atoms with van der Waals surface area (Å²) in [5.41, 5.74) is 6.13. The second-order valence-corrected chi connectivity index (χ2v) is 6.62. The first-order valence-electron chi connectivity index (χ1n) is 7.89. The average Bonchev–Trinajstić information content (AvgIpc) is 3.09. The van der Waals surface area contributed by atoms with Crippen LogP contribution < -0.4 is 0 Å². The third kappa shape index (κ3) is 2.19. The summed E-state index contributed by atoms with van der Waals surface area (Å²) in [5, 5.41) is 9.57. The molecule has 0 saturated carbocycles. The minimum atomic E-state index is 0.414. The van der Waals surface area contributed by atoms with Crippen molar-refractivity contribution in [3.05, 3.63) is 53.0 Å². The molecule has 0 radical (unpaired) electrons. The monoisotopic (exact) mass is 292 g/mol. The molecule has 0 unspecified atom stereocenters. The fraction of sp³-hybridized carbons (Fsp3) is 0.389. The molecule has 2 aromatic heterocycles. The van der Waals surface area contributed by atoms with Crippen LogP contribution in [0.1, 0.15) is 48.2 Å². The lowest BCUT2D eigenvalue weighted by Gasteiger charge is -2.08. The maximum atomic E-state index is 4.93. The number of nitrogens with zero attached hydrogens (tertiary/aromatic N) is 4. The summed E-state index contributed by atoms with van der Waals surface area (Å²) in [6.45, 7) is 4.44. The van der Waals surface area contributed by atoms with Crippen molar-refractivity contribution >= 4 is 10.9 Å². The van der Waals surface area contributed by atoms with Crippen molar-refractivity contribution in [2.24, 2.45) is 7.05 Å². The molecule has 112 valence electrons. The Hall–Kier alpha value is -2.23. The van der Waals surface area contributed by atoms with E-state index in [-0.39, 0.29) is 0 Å². The Morgan fingerprint density at radius 1 is 1.18 bits per heavy atom. The second kappa shape index (κ2) is 4.90. The Labute approximate surface area is 130 Å². The van der Waals surface area contributed by atoms with Crippen LogP contribution in [0.3, 0.4) is 0 Å². The number of aromatic nitrogens is 4. The first-order chi connectivity index (χ1) is 10.6. The molecule has 0 amide bonds. The molecule has 4 nitrogen and oxygen atoms in total. The van der Waals surface area contributed by atoms with Crippen molar-refractivity contribution in [2.45, 2.75) is 38.5 Å². The summed E-state index contributed by atoms with van der Waals surface area (Å²) >= 11 is 0. The second-order valence-electron chi connectivity index (χ2n) is 6.62. The zero-order chi connectivity index (χ0) is 15.3. The summed E-state index contributed by atoms with van der Waals surface area (Å²) in [4.78, 5) is 4.93. The molecule has 0 aliphatic heterocycles. The molecule has 4 rings (SSSR count). The van der Waals surface area contributed by atoms with Gasteiger partial charge in [0.2, 0.25) is 0 Å². The van der Waals surface area contributed by atoms with E-state index >= 15 is 0 Å². The van der Waals surface area contributed by atoms with Crippen molar-refractivity contribution in [3.8, 4) is 0 Å². The van der Waals surface area contributed by atoms with Crippen molar-refractivity contribution in [1.82, 2.24) is 20.0 Å². The standard InChI is InChI=1S/C18H20N4/c1-11(2)12-4-5-13-6-14-7-15(18-10-22(3)21-20-18)9-17(14)19-16(13)8-12/h4-6,8,10-11,15H,7,9H2,1-3H3/t15-/m1/s1. The highest BCUT2D eigenvalue weighted by atomic mass is 15.4. The van der Waals surface area contributed by atoms with Gasteiger partial charge >= 0.3 is 0 Å². The lowest BCUT2D eigenvalue weighted by atomic mass is 10.0. The molecule has 1 aromatic carbocycles. The van der Waals surface area contributed by atoms with Crippen LogP contribution in [0.2, 0.25) is 0 Å². The van der Waals surface area contributed by atoms with Crippen LogP contribution in [-0.4, -0.2) is 20.0 Å². The highest BCUT2D eigenvalue weighted by molar-refractivity contribution is 5.80. The quantitative estimate of drug-likeness (QED) is 0.727. The smallest absolute Gasteiger partial charge is 0.0865 e. The molecule has 2 heterocycles. The lowest BCUT2D eigenvalue weighted by Crippen LogP contribution is -1.98. The summed E-state index contributed by atoms with van der Waals surface area (Å²) < 4.78 is 1.77. The third-order valence-electron chi connectivity index (χ3n) is 4.62. The van der Waals surface area contributed by atoms with Crippen LogP contribution in [0, 0.1) is 0 Å². The minimum absolute atomic E-state index is 0.414. The number of benzene rings is 1. The molecule has 1 aliphatic carbocycles. The Kier molecular flexibility index (Phi) is 2.99. The normalized spacial score (nSPS) is 17.4. The molecule has 1 aliphatic rings. The van der Waals surface area contributed by atoms with E-state index in [2.05, 4.69) is 48.4 Å². The van der Waals surface area contributed by atoms with Crippen LogP contribution in [0.15, 0.2) is 30.5 Å². The van der Waals surface area contributed by atoms with E-state index in [1.54, 1.807) is 4.68 Å². The first-order valence-corrected chi connectivity index (χ1v) is 7.89. The van der Waals surface area contributed by atoms with E-state index in [1.165, 1.54) is 22.2 Å². The molecule has 22 heavy (non-hydrogen) atoms. The van der Waals surface area contributed by atoms with E-state index in [1.807, 2.05) is 13.2 Å². The van der Waals surface area contributed by atoms with Crippen LogP contribution in [0.25, 0.3) is 10.9 Å². The minimum Gasteiger partial charge on any atom is -0.255 e. The third-order valence-corrected chi connectivity index (χ3v) is 4.62. The Morgan fingerprint density at radius 3 is 2.77 bits per heavy atom. The topological polar surface area (TPSA) is 43.6 Å². The molecule has 0 saturated heterocycles. The molecule has 0 N–H and O–H groups in total. The van der Waals surface area contributed by atoms with Crippen LogP contribution >= 0.6 is 0 Å². The van der Waals surface area contributed by atoms with Crippen LogP contribution in [0.5, 0.6) is 0 Å². The number of fused-ring (bicyclic) bond motifs is 2. The molecular weight excluding hydrogens is 272 g/mol. The fourth-order valence-electron chi connectivity index (χ4n) is 3.31. The average molecular weight is 292 g/mol. The number of rotatable bonds is 2. The summed E-state index contributed by atoms with van der Waals surface area (Å²) in [7, 11) is 1.92. The van der Waals surface area contributed by atoms with E-state index < -0.39 is 0 Å². The van der Waals surface area contributed by atoms with Gasteiger partial charge in [-0.1, -0.05) is 31.2 Å². The van der Waals surface area contributed by atoms with E-state index in [4.69, 9.17) is 4.98 Å². The van der Waals surface area contributed by atoms with Crippen molar-refractivity contribution in [3.63, 3.8) is 0 Å². The molecule has 0 bridgehead atoms. The first kappa shape index (κ1) is 13.4. The summed E-state index contributed by atoms with van der Waals surface area (Å²) in [5.74, 6) is 0.948. The van der Waals surface area contributed by atoms with Crippen molar-refractivity contribution in [2.75, 3.05) is 0 Å². The SMILES string of the molecule is CC(C)c1ccc2cc3c(nc2c1)C[C@H](c1cn(C)nn1)C3. The predicted octanol–water partition coefficient (Wildman–Crippen LogP) is 3.37. The van der Waals surface area contributed by atoms with Crippen molar-refractivity contribution < 1.29 is 0 Å². The summed E-state index contributed by atoms with van der Waals surface area (Å²) in [6, 6.07) is 8.96. The number of hydrogen-bond donors (Lipinski definition) is 0. The van der Waals surface area contributed by atoms with Gasteiger partial charge in [-0.3, -0.25) is 9.67 Å². The molecule has 0 fully saturated rings. The molecular formula is C18H20N4. The van der Waals surface area contributed by atoms with Gasteiger partial charge in [-0.25, -0.2) is 0 Å². The van der Waals surface area contributed by atoms with Gasteiger partial charge in [0.1, 0.15) is 0 Å². The maximum absolute atomic E-state index is 4.93. The van der Waals surface area contributed by atoms with E-state index in [9.17, 15) is 0 Å². The highest BCUT2D eigenvalue weighted by Crippen LogP contribution is 2.34. The van der Waals surface area contributed by atoms with Crippen LogP contribution in [0.4, 0.5) is 0 Å². The van der Waals surface area contributed by atoms with Gasteiger partial charge < -0.3 is 0 Å². The molecule has 0 spiro atoms. The van der Waals surface area contributed by atoms with Gasteiger partial charge in [0.15, 0.2) is 0 Å². The van der Waals surface area contributed by atoms with Gasteiger partial charge in [0.25, 0.3) is 0 Å². The zero-order valence-electron chi connectivity index (χ0n) is 13.2. The Bertz CT molecular complexity index is 847. The Morgan fingerprint density at radius 2 is 2.05 bits per heavy atom. The lowest BCUT2D eigenvalue weighted by molar-refractivity contribution is 0.691. The van der Waals surface area contributed by atoms with Crippen molar-refractivity contribution in [1.29, 1.82) is 0 Å². The van der Waals surface area contributed by atoms with E-state index in [0.717, 1.165) is 24.1 Å². The number of aryl methyl sites for hydroxylation is 1. The van der Waals surface area contributed by atoms with E-state index in [0.29, 0.717) is 11.8 Å². The molecule has 1 atom stereocenters. The highest BCUT2D eigenvalue weighted by Gasteiger charge is 2.26. The summed E-state index contributed by atoms with van der Waals surface area (Å²) in [6.07, 6.45) is 4.01. The number of pyridine rings is 1. The Balaban J connectivity index is 1.72. The van der Waals surface area contributed by atoms with Gasteiger partial charge in [0, 0.05) is 30.2 Å². The fourth-order valence-corrected chi connectivity index (χ4v) is 3.31. The van der Waals surface area contributed by atoms with Gasteiger partial charge in [-0.05, 0) is 42.0 Å². The molecule has 3 aromatic rings.